The predicted molar refractivity (Wildman–Crippen MR) is 119 cm³/mol. The summed E-state index contributed by atoms with van der Waals surface area (Å²) in [5.74, 6) is -0.670. The van der Waals surface area contributed by atoms with E-state index in [9.17, 15) is 19.1 Å². The van der Waals surface area contributed by atoms with E-state index in [1.165, 1.54) is 12.1 Å². The average Bonchev–Trinajstić information content (AvgIpc) is 2.81. The maximum absolute atomic E-state index is 13.3. The van der Waals surface area contributed by atoms with Gasteiger partial charge in [-0.15, -0.1) is 0 Å². The van der Waals surface area contributed by atoms with Gasteiger partial charge >= 0.3 is 0 Å². The monoisotopic (exact) mass is 456 g/mol. The lowest BCUT2D eigenvalue weighted by atomic mass is 9.94. The molecule has 2 amide bonds. The number of carbonyl (C=O) groups excluding carboxylic acids is 2. The normalized spacial score (nSPS) is 25.5. The summed E-state index contributed by atoms with van der Waals surface area (Å²) in [7, 11) is 0. The Labute approximate surface area is 192 Å². The summed E-state index contributed by atoms with van der Waals surface area (Å²) >= 11 is 0. The zero-order chi connectivity index (χ0) is 23.2. The SMILES string of the molecule is O=C(C[C@H]1CC[C@H]2[C@@H](COC[C@@H](O)CN2C(=O)c2ccccc2)O1)NCc1cccc(F)c1. The fraction of sp³-hybridized carbons (Fsp3) is 0.440. The van der Waals surface area contributed by atoms with Crippen molar-refractivity contribution in [1.29, 1.82) is 0 Å². The summed E-state index contributed by atoms with van der Waals surface area (Å²) in [6.45, 7) is 0.762. The number of halogens is 1. The van der Waals surface area contributed by atoms with Crippen LogP contribution in [0.3, 0.4) is 0 Å². The second-order valence-electron chi connectivity index (χ2n) is 8.57. The lowest BCUT2D eigenvalue weighted by Gasteiger charge is -2.44. The third-order valence-corrected chi connectivity index (χ3v) is 6.05. The molecular weight excluding hydrogens is 427 g/mol. The molecule has 2 aromatic rings. The number of nitrogens with one attached hydrogen (secondary N) is 1. The fourth-order valence-corrected chi connectivity index (χ4v) is 4.45. The van der Waals surface area contributed by atoms with Gasteiger partial charge in [-0.05, 0) is 42.7 Å². The van der Waals surface area contributed by atoms with E-state index in [0.29, 0.717) is 24.0 Å². The van der Waals surface area contributed by atoms with Crippen LogP contribution in [-0.4, -0.2) is 65.9 Å². The van der Waals surface area contributed by atoms with Crippen LogP contribution in [0.1, 0.15) is 35.2 Å². The molecule has 2 saturated heterocycles. The van der Waals surface area contributed by atoms with Gasteiger partial charge in [-0.25, -0.2) is 4.39 Å². The molecule has 4 atom stereocenters. The fourth-order valence-electron chi connectivity index (χ4n) is 4.45. The predicted octanol–water partition coefficient (Wildman–Crippen LogP) is 2.28. The number of hydrogen-bond donors (Lipinski definition) is 2. The summed E-state index contributed by atoms with van der Waals surface area (Å²) in [6, 6.07) is 14.8. The number of aliphatic hydroxyl groups is 1. The minimum absolute atomic E-state index is 0.115. The molecule has 0 bridgehead atoms. The Balaban J connectivity index is 1.37. The van der Waals surface area contributed by atoms with Crippen molar-refractivity contribution in [1.82, 2.24) is 10.2 Å². The molecule has 176 valence electrons. The average molecular weight is 457 g/mol. The lowest BCUT2D eigenvalue weighted by Crippen LogP contribution is -2.57. The molecule has 0 spiro atoms. The maximum Gasteiger partial charge on any atom is 0.254 e. The van der Waals surface area contributed by atoms with Gasteiger partial charge < -0.3 is 24.8 Å². The molecule has 0 unspecified atom stereocenters. The van der Waals surface area contributed by atoms with Crippen LogP contribution in [-0.2, 0) is 20.8 Å². The van der Waals surface area contributed by atoms with Gasteiger partial charge in [0.15, 0.2) is 0 Å². The van der Waals surface area contributed by atoms with Gasteiger partial charge in [-0.1, -0.05) is 30.3 Å². The highest BCUT2D eigenvalue weighted by atomic mass is 19.1. The van der Waals surface area contributed by atoms with E-state index in [1.807, 2.05) is 18.2 Å². The molecule has 0 aromatic heterocycles. The van der Waals surface area contributed by atoms with Crippen LogP contribution in [0.2, 0.25) is 0 Å². The van der Waals surface area contributed by atoms with E-state index < -0.39 is 6.10 Å². The number of benzene rings is 2. The summed E-state index contributed by atoms with van der Waals surface area (Å²) in [6.07, 6.45) is -0.0525. The van der Waals surface area contributed by atoms with Crippen LogP contribution < -0.4 is 5.32 Å². The van der Waals surface area contributed by atoms with E-state index >= 15 is 0 Å². The minimum Gasteiger partial charge on any atom is -0.389 e. The Morgan fingerprint density at radius 1 is 1.09 bits per heavy atom. The lowest BCUT2D eigenvalue weighted by molar-refractivity contribution is -0.151. The quantitative estimate of drug-likeness (QED) is 0.721. The van der Waals surface area contributed by atoms with Crippen molar-refractivity contribution in [2.75, 3.05) is 19.8 Å². The van der Waals surface area contributed by atoms with Crippen molar-refractivity contribution in [3.63, 3.8) is 0 Å². The van der Waals surface area contributed by atoms with Crippen LogP contribution in [0.4, 0.5) is 4.39 Å². The number of amides is 2. The zero-order valence-electron chi connectivity index (χ0n) is 18.4. The highest BCUT2D eigenvalue weighted by molar-refractivity contribution is 5.94. The van der Waals surface area contributed by atoms with Crippen LogP contribution in [0.25, 0.3) is 0 Å². The first-order valence-corrected chi connectivity index (χ1v) is 11.3. The molecule has 2 N–H and O–H groups in total. The number of hydrogen-bond acceptors (Lipinski definition) is 5. The van der Waals surface area contributed by atoms with E-state index in [0.717, 1.165) is 0 Å². The standard InChI is InChI=1S/C25H29FN2O5/c26-19-8-4-5-17(11-19)13-27-24(30)12-21-9-10-22-23(33-21)16-32-15-20(29)14-28(22)25(31)18-6-2-1-3-7-18/h1-8,11,20-23,29H,9-10,12-16H2,(H,27,30)/t20-,21+,22-,23+/m0/s1. The second-order valence-corrected chi connectivity index (χ2v) is 8.57. The van der Waals surface area contributed by atoms with Gasteiger partial charge in [0, 0.05) is 18.7 Å². The molecule has 7 nitrogen and oxygen atoms in total. The molecule has 0 saturated carbocycles. The second kappa shape index (κ2) is 10.9. The topological polar surface area (TPSA) is 88.1 Å². The van der Waals surface area contributed by atoms with Gasteiger partial charge in [0.1, 0.15) is 11.9 Å². The number of aliphatic hydroxyl groups excluding tert-OH is 1. The van der Waals surface area contributed by atoms with Crippen molar-refractivity contribution in [2.24, 2.45) is 0 Å². The summed E-state index contributed by atoms with van der Waals surface area (Å²) in [4.78, 5) is 27.3. The first-order chi connectivity index (χ1) is 16.0. The molecular formula is C25H29FN2O5. The summed E-state index contributed by atoms with van der Waals surface area (Å²) < 4.78 is 25.1. The molecule has 8 heteroatoms. The Bertz CT molecular complexity index is 957. The first-order valence-electron chi connectivity index (χ1n) is 11.3. The van der Waals surface area contributed by atoms with Crippen molar-refractivity contribution < 1.29 is 28.6 Å². The molecule has 2 aromatic carbocycles. The maximum atomic E-state index is 13.3. The number of β-amino-alcohol motifs (C(OH)–C–C–N with tert-alkyl or cyclic N) is 1. The Morgan fingerprint density at radius 2 is 1.91 bits per heavy atom. The minimum atomic E-state index is -0.773. The van der Waals surface area contributed by atoms with Gasteiger partial charge in [-0.2, -0.15) is 0 Å². The molecule has 2 fully saturated rings. The molecule has 33 heavy (non-hydrogen) atoms. The van der Waals surface area contributed by atoms with Gasteiger partial charge in [-0.3, -0.25) is 9.59 Å². The molecule has 2 aliphatic rings. The van der Waals surface area contributed by atoms with Crippen molar-refractivity contribution >= 4 is 11.8 Å². The summed E-state index contributed by atoms with van der Waals surface area (Å²) in [5.41, 5.74) is 1.25. The van der Waals surface area contributed by atoms with Gasteiger partial charge in [0.05, 0.1) is 37.9 Å². The number of carbonyl (C=O) groups is 2. The third-order valence-electron chi connectivity index (χ3n) is 6.05. The smallest absolute Gasteiger partial charge is 0.254 e. The zero-order valence-corrected chi connectivity index (χ0v) is 18.4. The van der Waals surface area contributed by atoms with E-state index in [2.05, 4.69) is 5.32 Å². The van der Waals surface area contributed by atoms with Crippen molar-refractivity contribution in [3.05, 3.63) is 71.5 Å². The Morgan fingerprint density at radius 3 is 2.70 bits per heavy atom. The largest absolute Gasteiger partial charge is 0.389 e. The van der Waals surface area contributed by atoms with Crippen molar-refractivity contribution in [3.8, 4) is 0 Å². The van der Waals surface area contributed by atoms with Gasteiger partial charge in [0.25, 0.3) is 5.91 Å². The number of rotatable bonds is 5. The van der Waals surface area contributed by atoms with Crippen LogP contribution in [0.5, 0.6) is 0 Å². The van der Waals surface area contributed by atoms with E-state index in [1.54, 1.807) is 29.2 Å². The van der Waals surface area contributed by atoms with Crippen LogP contribution >= 0.6 is 0 Å². The first kappa shape index (κ1) is 23.4. The molecule has 4 rings (SSSR count). The number of nitrogens with zero attached hydrogens (tertiary/aromatic N) is 1. The number of fused-ring (bicyclic) bond motifs is 1. The molecule has 2 heterocycles. The third kappa shape index (κ3) is 6.16. The molecule has 2 aliphatic heterocycles. The molecule has 0 radical (unpaired) electrons. The molecule has 0 aliphatic carbocycles. The van der Waals surface area contributed by atoms with Gasteiger partial charge in [0.2, 0.25) is 5.91 Å². The number of ether oxygens (including phenoxy) is 2. The Hall–Kier alpha value is -2.81. The van der Waals surface area contributed by atoms with Crippen LogP contribution in [0, 0.1) is 5.82 Å². The Kier molecular flexibility index (Phi) is 7.69. The highest BCUT2D eigenvalue weighted by Crippen LogP contribution is 2.28. The van der Waals surface area contributed by atoms with Crippen LogP contribution in [0.15, 0.2) is 54.6 Å². The van der Waals surface area contributed by atoms with Crippen molar-refractivity contribution in [2.45, 2.75) is 50.2 Å². The summed E-state index contributed by atoms with van der Waals surface area (Å²) in [5, 5.41) is 13.1. The van der Waals surface area contributed by atoms with E-state index in [4.69, 9.17) is 9.47 Å². The van der Waals surface area contributed by atoms with E-state index in [-0.39, 0.29) is 68.6 Å². The highest BCUT2D eigenvalue weighted by Gasteiger charge is 2.40.